The number of rotatable bonds is 1. The lowest BCUT2D eigenvalue weighted by molar-refractivity contribution is 0.479. The Labute approximate surface area is 74.0 Å². The summed E-state index contributed by atoms with van der Waals surface area (Å²) in [5.74, 6) is 0.378. The summed E-state index contributed by atoms with van der Waals surface area (Å²) in [7, 11) is -1.44. The van der Waals surface area contributed by atoms with Crippen LogP contribution in [0.5, 0.6) is 5.75 Å². The zero-order valence-corrected chi connectivity index (χ0v) is 8.76. The highest BCUT2D eigenvalue weighted by molar-refractivity contribution is 6.89. The van der Waals surface area contributed by atoms with Gasteiger partial charge in [0.2, 0.25) is 0 Å². The summed E-state index contributed by atoms with van der Waals surface area (Å²) in [6.45, 7) is 6.55. The van der Waals surface area contributed by atoms with Crippen molar-refractivity contribution in [1.82, 2.24) is 0 Å². The lowest BCUT2D eigenvalue weighted by Crippen LogP contribution is -2.37. The van der Waals surface area contributed by atoms with Crippen LogP contribution in [0.15, 0.2) is 18.2 Å². The molecule has 1 aromatic rings. The van der Waals surface area contributed by atoms with Crippen molar-refractivity contribution in [3.63, 3.8) is 0 Å². The molecule has 0 heterocycles. The molecule has 0 aliphatic carbocycles. The van der Waals surface area contributed by atoms with Gasteiger partial charge in [-0.05, 0) is 23.4 Å². The van der Waals surface area contributed by atoms with E-state index in [9.17, 15) is 5.11 Å². The van der Waals surface area contributed by atoms with Crippen molar-refractivity contribution >= 4 is 18.9 Å². The monoisotopic (exact) mass is 181 g/mol. The van der Waals surface area contributed by atoms with Crippen molar-refractivity contribution in [2.24, 2.45) is 0 Å². The highest BCUT2D eigenvalue weighted by Crippen LogP contribution is 2.15. The summed E-state index contributed by atoms with van der Waals surface area (Å²) in [4.78, 5) is 0. The lowest BCUT2D eigenvalue weighted by atomic mass is 10.3. The highest BCUT2D eigenvalue weighted by Gasteiger charge is 2.20. The number of anilines is 1. The number of nitrogen functional groups attached to an aromatic ring is 1. The second-order valence-electron chi connectivity index (χ2n) is 4.03. The molecule has 0 bridgehead atoms. The van der Waals surface area contributed by atoms with Crippen LogP contribution >= 0.6 is 0 Å². The third-order valence-corrected chi connectivity index (χ3v) is 3.85. The summed E-state index contributed by atoms with van der Waals surface area (Å²) >= 11 is 0. The van der Waals surface area contributed by atoms with Gasteiger partial charge in [0.25, 0.3) is 0 Å². The molecule has 0 saturated heterocycles. The summed E-state index contributed by atoms with van der Waals surface area (Å²) in [6, 6.07) is 5.27. The molecule has 12 heavy (non-hydrogen) atoms. The smallest absolute Gasteiger partial charge is 0.114 e. The topological polar surface area (TPSA) is 46.2 Å². The largest absolute Gasteiger partial charge is 0.508 e. The quantitative estimate of drug-likeness (QED) is 0.392. The van der Waals surface area contributed by atoms with E-state index in [1.54, 1.807) is 12.1 Å². The number of benzene rings is 1. The van der Waals surface area contributed by atoms with Gasteiger partial charge in [-0.1, -0.05) is 19.6 Å². The summed E-state index contributed by atoms with van der Waals surface area (Å²) in [5, 5.41) is 10.6. The van der Waals surface area contributed by atoms with E-state index in [1.165, 1.54) is 0 Å². The molecule has 0 aliphatic rings. The maximum Gasteiger partial charge on any atom is 0.114 e. The molecule has 0 atom stereocenters. The molecule has 0 fully saturated rings. The molecule has 1 rings (SSSR count). The van der Waals surface area contributed by atoms with Crippen LogP contribution in [0.2, 0.25) is 19.6 Å². The minimum absolute atomic E-state index is 0.378. The van der Waals surface area contributed by atoms with Crippen LogP contribution < -0.4 is 10.9 Å². The van der Waals surface area contributed by atoms with Crippen LogP contribution in [0.25, 0.3) is 0 Å². The minimum Gasteiger partial charge on any atom is -0.508 e. The molecular weight excluding hydrogens is 166 g/mol. The van der Waals surface area contributed by atoms with Crippen LogP contribution in [0.3, 0.4) is 0 Å². The molecule has 0 aliphatic heterocycles. The van der Waals surface area contributed by atoms with Crippen molar-refractivity contribution in [3.8, 4) is 5.75 Å². The standard InChI is InChI=1S/C9H15NOSi/c1-12(2,3)9-6-7(10)4-5-8(9)11/h4-6,11H,10H2,1-3H3. The second kappa shape index (κ2) is 2.82. The molecule has 0 saturated carbocycles. The van der Waals surface area contributed by atoms with Gasteiger partial charge in [0, 0.05) is 5.69 Å². The number of aromatic hydroxyl groups is 1. The fraction of sp³-hybridized carbons (Fsp3) is 0.333. The normalized spacial score (nSPS) is 11.6. The van der Waals surface area contributed by atoms with Crippen LogP contribution in [-0.2, 0) is 0 Å². The fourth-order valence-corrected chi connectivity index (χ4v) is 2.61. The molecule has 0 spiro atoms. The van der Waals surface area contributed by atoms with Crippen LogP contribution in [-0.4, -0.2) is 13.2 Å². The van der Waals surface area contributed by atoms with E-state index in [0.717, 1.165) is 10.9 Å². The van der Waals surface area contributed by atoms with Crippen LogP contribution in [0, 0.1) is 0 Å². The van der Waals surface area contributed by atoms with Gasteiger partial charge in [-0.3, -0.25) is 0 Å². The first-order chi connectivity index (χ1) is 5.41. The predicted octanol–water partition coefficient (Wildman–Crippen LogP) is 1.52. The maximum absolute atomic E-state index is 9.55. The van der Waals surface area contributed by atoms with Crippen LogP contribution in [0.1, 0.15) is 0 Å². The predicted molar refractivity (Wildman–Crippen MR) is 55.5 cm³/mol. The average Bonchev–Trinajstić information content (AvgIpc) is 1.92. The van der Waals surface area contributed by atoms with Gasteiger partial charge < -0.3 is 10.8 Å². The van der Waals surface area contributed by atoms with E-state index >= 15 is 0 Å². The zero-order valence-electron chi connectivity index (χ0n) is 7.76. The molecule has 0 amide bonds. The third-order valence-electron chi connectivity index (χ3n) is 1.83. The first kappa shape index (κ1) is 9.13. The van der Waals surface area contributed by atoms with Gasteiger partial charge in [0.15, 0.2) is 0 Å². The summed E-state index contributed by atoms with van der Waals surface area (Å²) in [6.07, 6.45) is 0. The van der Waals surface area contributed by atoms with E-state index in [4.69, 9.17) is 5.73 Å². The average molecular weight is 181 g/mol. The number of phenols is 1. The molecular formula is C9H15NOSi. The lowest BCUT2D eigenvalue weighted by Gasteiger charge is -2.18. The minimum atomic E-state index is -1.44. The summed E-state index contributed by atoms with van der Waals surface area (Å²) < 4.78 is 0. The van der Waals surface area contributed by atoms with Crippen molar-refractivity contribution in [1.29, 1.82) is 0 Å². The number of nitrogens with two attached hydrogens (primary N) is 1. The second-order valence-corrected chi connectivity index (χ2v) is 9.07. The molecule has 1 aromatic carbocycles. The Bertz CT molecular complexity index is 291. The van der Waals surface area contributed by atoms with Gasteiger partial charge in [0.05, 0.1) is 8.07 Å². The van der Waals surface area contributed by atoms with E-state index in [0.29, 0.717) is 5.75 Å². The Morgan fingerprint density at radius 1 is 1.25 bits per heavy atom. The Balaban J connectivity index is 3.23. The van der Waals surface area contributed by atoms with Crippen molar-refractivity contribution in [2.75, 3.05) is 5.73 Å². The number of hydrogen-bond acceptors (Lipinski definition) is 2. The van der Waals surface area contributed by atoms with Crippen molar-refractivity contribution in [2.45, 2.75) is 19.6 Å². The van der Waals surface area contributed by atoms with Crippen LogP contribution in [0.4, 0.5) is 5.69 Å². The van der Waals surface area contributed by atoms with E-state index in [2.05, 4.69) is 19.6 Å². The van der Waals surface area contributed by atoms with E-state index < -0.39 is 8.07 Å². The molecule has 66 valence electrons. The molecule has 0 radical (unpaired) electrons. The Hall–Kier alpha value is -0.963. The number of hydrogen-bond donors (Lipinski definition) is 2. The molecule has 2 nitrogen and oxygen atoms in total. The van der Waals surface area contributed by atoms with E-state index in [-0.39, 0.29) is 0 Å². The zero-order chi connectivity index (χ0) is 9.35. The van der Waals surface area contributed by atoms with Gasteiger partial charge in [0.1, 0.15) is 5.75 Å². The van der Waals surface area contributed by atoms with Gasteiger partial charge in [-0.25, -0.2) is 0 Å². The number of phenolic OH excluding ortho intramolecular Hbond substituents is 1. The SMILES string of the molecule is C[Si](C)(C)c1cc(N)ccc1O. The molecule has 0 aromatic heterocycles. The van der Waals surface area contributed by atoms with Crippen molar-refractivity contribution in [3.05, 3.63) is 18.2 Å². The Morgan fingerprint density at radius 2 is 1.83 bits per heavy atom. The van der Waals surface area contributed by atoms with E-state index in [1.807, 2.05) is 6.07 Å². The molecule has 3 heteroatoms. The highest BCUT2D eigenvalue weighted by atomic mass is 28.3. The Kier molecular flexibility index (Phi) is 2.15. The molecule has 0 unspecified atom stereocenters. The van der Waals surface area contributed by atoms with Gasteiger partial charge >= 0.3 is 0 Å². The maximum atomic E-state index is 9.55. The summed E-state index contributed by atoms with van der Waals surface area (Å²) in [5.41, 5.74) is 6.36. The molecule has 3 N–H and O–H groups in total. The van der Waals surface area contributed by atoms with Gasteiger partial charge in [-0.15, -0.1) is 0 Å². The van der Waals surface area contributed by atoms with Gasteiger partial charge in [-0.2, -0.15) is 0 Å². The third kappa shape index (κ3) is 1.79. The Morgan fingerprint density at radius 3 is 2.25 bits per heavy atom. The first-order valence-corrected chi connectivity index (χ1v) is 7.50. The fourth-order valence-electron chi connectivity index (χ4n) is 1.15. The first-order valence-electron chi connectivity index (χ1n) is 4.00. The van der Waals surface area contributed by atoms with Crippen molar-refractivity contribution < 1.29 is 5.11 Å².